The van der Waals surface area contributed by atoms with Crippen LogP contribution in [0.3, 0.4) is 0 Å². The van der Waals surface area contributed by atoms with Gasteiger partial charge in [-0.15, -0.1) is 0 Å². The summed E-state index contributed by atoms with van der Waals surface area (Å²) in [6.45, 7) is 6.54. The van der Waals surface area contributed by atoms with Crippen molar-refractivity contribution >= 4 is 5.57 Å². The summed E-state index contributed by atoms with van der Waals surface area (Å²) in [4.78, 5) is 4.18. The summed E-state index contributed by atoms with van der Waals surface area (Å²) in [6, 6.07) is 4.01. The lowest BCUT2D eigenvalue weighted by Crippen LogP contribution is -1.99. The van der Waals surface area contributed by atoms with Crippen molar-refractivity contribution in [1.29, 1.82) is 0 Å². The second kappa shape index (κ2) is 4.02. The summed E-state index contributed by atoms with van der Waals surface area (Å²) >= 11 is 0. The third-order valence-electron chi connectivity index (χ3n) is 1.77. The van der Waals surface area contributed by atoms with Crippen LogP contribution >= 0.6 is 0 Å². The minimum atomic E-state index is 0.646. The number of hydrogen-bond acceptors (Lipinski definition) is 2. The highest BCUT2D eigenvalue weighted by Gasteiger charge is 1.96. The highest BCUT2D eigenvalue weighted by atomic mass is 14.7. The lowest BCUT2D eigenvalue weighted by molar-refractivity contribution is 1.02. The van der Waals surface area contributed by atoms with Crippen LogP contribution in [0.4, 0.5) is 0 Å². The molecule has 0 saturated heterocycles. The number of hydrogen-bond donors (Lipinski definition) is 1. The Hall–Kier alpha value is -1.15. The molecule has 2 heteroatoms. The number of aromatic nitrogens is 1. The van der Waals surface area contributed by atoms with Gasteiger partial charge in [0.25, 0.3) is 0 Å². The van der Waals surface area contributed by atoms with E-state index in [1.807, 2.05) is 25.3 Å². The first-order valence-corrected chi connectivity index (χ1v) is 4.05. The minimum Gasteiger partial charge on any atom is -0.330 e. The van der Waals surface area contributed by atoms with Crippen LogP contribution in [0.25, 0.3) is 5.57 Å². The van der Waals surface area contributed by atoms with Crippen LogP contribution in [0.5, 0.6) is 0 Å². The Kier molecular flexibility index (Phi) is 3.00. The van der Waals surface area contributed by atoms with Crippen LogP contribution in [0.2, 0.25) is 0 Å². The van der Waals surface area contributed by atoms with Crippen molar-refractivity contribution < 1.29 is 0 Å². The first kappa shape index (κ1) is 8.94. The summed E-state index contributed by atoms with van der Waals surface area (Å²) in [5.74, 6) is 0. The molecular formula is C10H14N2. The fraction of sp³-hybridized carbons (Fsp3) is 0.300. The Balaban J connectivity index is 2.75. The predicted octanol–water partition coefficient (Wildman–Crippen LogP) is 1.75. The molecule has 0 aliphatic rings. The van der Waals surface area contributed by atoms with Crippen LogP contribution in [-0.2, 0) is 0 Å². The van der Waals surface area contributed by atoms with E-state index in [1.54, 1.807) is 0 Å². The number of aryl methyl sites for hydroxylation is 1. The molecule has 0 aliphatic heterocycles. The molecule has 12 heavy (non-hydrogen) atoms. The van der Waals surface area contributed by atoms with Gasteiger partial charge in [0, 0.05) is 11.9 Å². The fourth-order valence-corrected chi connectivity index (χ4v) is 0.996. The summed E-state index contributed by atoms with van der Waals surface area (Å²) in [6.07, 6.45) is 2.68. The van der Waals surface area contributed by atoms with Gasteiger partial charge in [-0.25, -0.2) is 0 Å². The first-order chi connectivity index (χ1) is 5.74. The molecule has 1 aromatic rings. The molecule has 0 bridgehead atoms. The fourth-order valence-electron chi connectivity index (χ4n) is 0.996. The average molecular weight is 162 g/mol. The van der Waals surface area contributed by atoms with E-state index >= 15 is 0 Å². The van der Waals surface area contributed by atoms with Gasteiger partial charge in [0.05, 0.1) is 0 Å². The molecule has 1 heterocycles. The zero-order chi connectivity index (χ0) is 8.97. The van der Waals surface area contributed by atoms with Gasteiger partial charge in [0.15, 0.2) is 0 Å². The summed E-state index contributed by atoms with van der Waals surface area (Å²) in [7, 11) is 0. The minimum absolute atomic E-state index is 0.646. The van der Waals surface area contributed by atoms with Crippen LogP contribution in [-0.4, -0.2) is 11.5 Å². The van der Waals surface area contributed by atoms with Crippen molar-refractivity contribution in [2.45, 2.75) is 13.3 Å². The zero-order valence-corrected chi connectivity index (χ0v) is 7.38. The van der Waals surface area contributed by atoms with E-state index in [4.69, 9.17) is 5.73 Å². The summed E-state index contributed by atoms with van der Waals surface area (Å²) < 4.78 is 0. The van der Waals surface area contributed by atoms with Crippen molar-refractivity contribution in [2.24, 2.45) is 5.73 Å². The molecule has 0 amide bonds. The van der Waals surface area contributed by atoms with Crippen LogP contribution < -0.4 is 5.73 Å². The SMILES string of the molecule is C=C(CCN)c1ccc(C)nc1. The van der Waals surface area contributed by atoms with E-state index in [0.29, 0.717) is 6.54 Å². The molecule has 0 aromatic carbocycles. The topological polar surface area (TPSA) is 38.9 Å². The van der Waals surface area contributed by atoms with Crippen LogP contribution in [0, 0.1) is 6.92 Å². The van der Waals surface area contributed by atoms with Crippen LogP contribution in [0.1, 0.15) is 17.7 Å². The van der Waals surface area contributed by atoms with Gasteiger partial charge >= 0.3 is 0 Å². The van der Waals surface area contributed by atoms with Gasteiger partial charge in [-0.1, -0.05) is 12.6 Å². The molecular weight excluding hydrogens is 148 g/mol. The summed E-state index contributed by atoms with van der Waals surface area (Å²) in [5, 5.41) is 0. The summed E-state index contributed by atoms with van der Waals surface area (Å²) in [5.41, 5.74) is 8.59. The Morgan fingerprint density at radius 3 is 2.83 bits per heavy atom. The molecule has 2 N–H and O–H groups in total. The molecule has 0 unspecified atom stereocenters. The Bertz CT molecular complexity index is 262. The van der Waals surface area contributed by atoms with Gasteiger partial charge in [0.2, 0.25) is 0 Å². The van der Waals surface area contributed by atoms with Crippen molar-refractivity contribution in [3.05, 3.63) is 36.2 Å². The standard InChI is InChI=1S/C10H14N2/c1-8(5-6-11)10-4-3-9(2)12-7-10/h3-4,7H,1,5-6,11H2,2H3. The Morgan fingerprint density at radius 2 is 2.33 bits per heavy atom. The zero-order valence-electron chi connectivity index (χ0n) is 7.38. The molecule has 0 spiro atoms. The van der Waals surface area contributed by atoms with Crippen molar-refractivity contribution in [3.63, 3.8) is 0 Å². The number of nitrogens with zero attached hydrogens (tertiary/aromatic N) is 1. The van der Waals surface area contributed by atoms with Gasteiger partial charge in [-0.2, -0.15) is 0 Å². The van der Waals surface area contributed by atoms with E-state index in [0.717, 1.165) is 23.3 Å². The van der Waals surface area contributed by atoms with Crippen molar-refractivity contribution in [2.75, 3.05) is 6.54 Å². The van der Waals surface area contributed by atoms with Crippen LogP contribution in [0.15, 0.2) is 24.9 Å². The van der Waals surface area contributed by atoms with Gasteiger partial charge in [-0.3, -0.25) is 4.98 Å². The molecule has 64 valence electrons. The highest BCUT2D eigenvalue weighted by molar-refractivity contribution is 5.62. The highest BCUT2D eigenvalue weighted by Crippen LogP contribution is 2.13. The van der Waals surface area contributed by atoms with Crippen molar-refractivity contribution in [1.82, 2.24) is 4.98 Å². The normalized spacial score (nSPS) is 9.83. The monoisotopic (exact) mass is 162 g/mol. The number of nitrogens with two attached hydrogens (primary N) is 1. The lowest BCUT2D eigenvalue weighted by atomic mass is 10.1. The second-order valence-corrected chi connectivity index (χ2v) is 2.83. The lowest BCUT2D eigenvalue weighted by Gasteiger charge is -2.02. The average Bonchev–Trinajstić information content (AvgIpc) is 2.06. The Morgan fingerprint density at radius 1 is 1.58 bits per heavy atom. The third kappa shape index (κ3) is 2.17. The second-order valence-electron chi connectivity index (χ2n) is 2.83. The first-order valence-electron chi connectivity index (χ1n) is 4.05. The van der Waals surface area contributed by atoms with Gasteiger partial charge < -0.3 is 5.73 Å². The number of rotatable bonds is 3. The molecule has 0 atom stereocenters. The predicted molar refractivity (Wildman–Crippen MR) is 51.7 cm³/mol. The molecule has 1 rings (SSSR count). The molecule has 2 nitrogen and oxygen atoms in total. The molecule has 0 radical (unpaired) electrons. The molecule has 0 fully saturated rings. The maximum atomic E-state index is 5.42. The van der Waals surface area contributed by atoms with Crippen molar-refractivity contribution in [3.8, 4) is 0 Å². The molecule has 1 aromatic heterocycles. The number of pyridine rings is 1. The largest absolute Gasteiger partial charge is 0.330 e. The van der Waals surface area contributed by atoms with E-state index < -0.39 is 0 Å². The van der Waals surface area contributed by atoms with Gasteiger partial charge in [0.1, 0.15) is 0 Å². The maximum absolute atomic E-state index is 5.42. The maximum Gasteiger partial charge on any atom is 0.0373 e. The van der Waals surface area contributed by atoms with E-state index in [-0.39, 0.29) is 0 Å². The van der Waals surface area contributed by atoms with Gasteiger partial charge in [-0.05, 0) is 37.1 Å². The smallest absolute Gasteiger partial charge is 0.0373 e. The third-order valence-corrected chi connectivity index (χ3v) is 1.77. The van der Waals surface area contributed by atoms with E-state index in [1.165, 1.54) is 0 Å². The Labute approximate surface area is 73.1 Å². The quantitative estimate of drug-likeness (QED) is 0.735. The molecule has 0 aliphatic carbocycles. The van der Waals surface area contributed by atoms with E-state index in [9.17, 15) is 0 Å². The van der Waals surface area contributed by atoms with E-state index in [2.05, 4.69) is 11.6 Å². The molecule has 0 saturated carbocycles.